The maximum Gasteiger partial charge on any atom is 0.254 e. The van der Waals surface area contributed by atoms with Crippen LogP contribution in [0.2, 0.25) is 0 Å². The average molecular weight is 204 g/mol. The van der Waals surface area contributed by atoms with Gasteiger partial charge in [0.25, 0.3) is 5.91 Å². The van der Waals surface area contributed by atoms with Crippen molar-refractivity contribution >= 4 is 17.5 Å². The van der Waals surface area contributed by atoms with Crippen molar-refractivity contribution in [2.24, 2.45) is 0 Å². The molecule has 1 aliphatic rings. The fourth-order valence-corrected chi connectivity index (χ4v) is 1.79. The highest BCUT2D eigenvalue weighted by molar-refractivity contribution is 6.06. The minimum atomic E-state index is -0.166. The van der Waals surface area contributed by atoms with E-state index in [2.05, 4.69) is 10.6 Å². The summed E-state index contributed by atoms with van der Waals surface area (Å²) in [7, 11) is 0. The number of amides is 2. The van der Waals surface area contributed by atoms with Crippen LogP contribution in [0.25, 0.3) is 0 Å². The molecule has 0 saturated carbocycles. The van der Waals surface area contributed by atoms with E-state index in [4.69, 9.17) is 0 Å². The lowest BCUT2D eigenvalue weighted by atomic mass is 10.0. The zero-order valence-corrected chi connectivity index (χ0v) is 8.68. The fourth-order valence-electron chi connectivity index (χ4n) is 1.79. The molecule has 0 aliphatic carbocycles. The number of carbonyl (C=O) groups is 2. The van der Waals surface area contributed by atoms with Crippen LogP contribution in [0.1, 0.15) is 28.4 Å². The molecule has 1 aliphatic heterocycles. The molecule has 2 amide bonds. The lowest BCUT2D eigenvalue weighted by Gasteiger charge is -2.08. The molecule has 15 heavy (non-hydrogen) atoms. The summed E-state index contributed by atoms with van der Waals surface area (Å²) in [5, 5.41) is 5.41. The van der Waals surface area contributed by atoms with Gasteiger partial charge in [-0.25, -0.2) is 0 Å². The van der Waals surface area contributed by atoms with E-state index >= 15 is 0 Å². The zero-order chi connectivity index (χ0) is 11.0. The van der Waals surface area contributed by atoms with Gasteiger partial charge < -0.3 is 10.6 Å². The Hall–Kier alpha value is -1.84. The molecular formula is C11H12N2O2. The average Bonchev–Trinajstić information content (AvgIpc) is 2.54. The molecule has 0 spiro atoms. The molecule has 1 heterocycles. The monoisotopic (exact) mass is 204 g/mol. The van der Waals surface area contributed by atoms with E-state index in [1.165, 1.54) is 6.92 Å². The van der Waals surface area contributed by atoms with E-state index in [9.17, 15) is 9.59 Å². The smallest absolute Gasteiger partial charge is 0.254 e. The fraction of sp³-hybridized carbons (Fsp3) is 0.273. The summed E-state index contributed by atoms with van der Waals surface area (Å²) in [6.07, 6.45) is 0. The van der Waals surface area contributed by atoms with E-state index in [1.807, 2.05) is 13.0 Å². The molecular weight excluding hydrogens is 192 g/mol. The van der Waals surface area contributed by atoms with Crippen LogP contribution < -0.4 is 10.6 Å². The van der Waals surface area contributed by atoms with Gasteiger partial charge in [-0.3, -0.25) is 9.59 Å². The summed E-state index contributed by atoms with van der Waals surface area (Å²) in [6.45, 7) is 3.93. The van der Waals surface area contributed by atoms with Gasteiger partial charge in [-0.15, -0.1) is 0 Å². The SMILES string of the molecule is CC(=O)Nc1ccc(C)c2c1C(=O)NC2. The number of anilines is 1. The summed E-state index contributed by atoms with van der Waals surface area (Å²) in [5.41, 5.74) is 3.24. The van der Waals surface area contributed by atoms with Crippen LogP contribution in [-0.4, -0.2) is 11.8 Å². The molecule has 0 saturated heterocycles. The normalized spacial score (nSPS) is 13.3. The Kier molecular flexibility index (Phi) is 2.19. The van der Waals surface area contributed by atoms with Crippen molar-refractivity contribution in [2.45, 2.75) is 20.4 Å². The van der Waals surface area contributed by atoms with Crippen LogP contribution >= 0.6 is 0 Å². The lowest BCUT2D eigenvalue weighted by molar-refractivity contribution is -0.114. The summed E-state index contributed by atoms with van der Waals surface area (Å²) in [5.74, 6) is -0.279. The van der Waals surface area contributed by atoms with Crippen LogP contribution in [0, 0.1) is 6.92 Å². The number of aryl methyl sites for hydroxylation is 1. The van der Waals surface area contributed by atoms with Crippen LogP contribution in [0.15, 0.2) is 12.1 Å². The summed E-state index contributed by atoms with van der Waals surface area (Å²) < 4.78 is 0. The number of nitrogens with one attached hydrogen (secondary N) is 2. The predicted octanol–water partition coefficient (Wildman–Crippen LogP) is 1.20. The second kappa shape index (κ2) is 3.38. The molecule has 4 heteroatoms. The van der Waals surface area contributed by atoms with Crippen LogP contribution in [0.4, 0.5) is 5.69 Å². The van der Waals surface area contributed by atoms with Crippen molar-refractivity contribution in [2.75, 3.05) is 5.32 Å². The molecule has 1 aromatic rings. The maximum atomic E-state index is 11.6. The third-order valence-corrected chi connectivity index (χ3v) is 2.51. The molecule has 4 nitrogen and oxygen atoms in total. The minimum Gasteiger partial charge on any atom is -0.348 e. The Morgan fingerprint density at radius 3 is 2.87 bits per heavy atom. The Labute approximate surface area is 87.7 Å². The topological polar surface area (TPSA) is 58.2 Å². The molecule has 0 bridgehead atoms. The van der Waals surface area contributed by atoms with Crippen molar-refractivity contribution in [1.82, 2.24) is 5.32 Å². The van der Waals surface area contributed by atoms with E-state index in [1.54, 1.807) is 6.07 Å². The largest absolute Gasteiger partial charge is 0.348 e. The molecule has 0 fully saturated rings. The van der Waals surface area contributed by atoms with E-state index in [-0.39, 0.29) is 11.8 Å². The number of benzene rings is 1. The molecule has 0 atom stereocenters. The Morgan fingerprint density at radius 1 is 1.47 bits per heavy atom. The van der Waals surface area contributed by atoms with Crippen molar-refractivity contribution in [3.05, 3.63) is 28.8 Å². The van der Waals surface area contributed by atoms with Gasteiger partial charge in [0, 0.05) is 13.5 Å². The number of carbonyl (C=O) groups excluding carboxylic acids is 2. The maximum absolute atomic E-state index is 11.6. The number of hydrogen-bond acceptors (Lipinski definition) is 2. The first-order chi connectivity index (χ1) is 7.09. The first kappa shape index (κ1) is 9.71. The second-order valence-electron chi connectivity index (χ2n) is 3.65. The molecule has 2 N–H and O–H groups in total. The molecule has 78 valence electrons. The first-order valence-corrected chi connectivity index (χ1v) is 4.78. The summed E-state index contributed by atoms with van der Waals surface area (Å²) in [6, 6.07) is 3.67. The second-order valence-corrected chi connectivity index (χ2v) is 3.65. The zero-order valence-electron chi connectivity index (χ0n) is 8.68. The highest BCUT2D eigenvalue weighted by atomic mass is 16.2. The number of hydrogen-bond donors (Lipinski definition) is 2. The third-order valence-electron chi connectivity index (χ3n) is 2.51. The van der Waals surface area contributed by atoms with Crippen LogP contribution in [-0.2, 0) is 11.3 Å². The van der Waals surface area contributed by atoms with Crippen molar-refractivity contribution < 1.29 is 9.59 Å². The number of rotatable bonds is 1. The summed E-state index contributed by atoms with van der Waals surface area (Å²) >= 11 is 0. The van der Waals surface area contributed by atoms with E-state index in [0.29, 0.717) is 17.8 Å². The third kappa shape index (κ3) is 1.58. The van der Waals surface area contributed by atoms with Gasteiger partial charge >= 0.3 is 0 Å². The predicted molar refractivity (Wildman–Crippen MR) is 56.7 cm³/mol. The van der Waals surface area contributed by atoms with Gasteiger partial charge in [0.15, 0.2) is 0 Å². The Balaban J connectivity index is 2.54. The van der Waals surface area contributed by atoms with Gasteiger partial charge in [0.2, 0.25) is 5.91 Å². The highest BCUT2D eigenvalue weighted by Crippen LogP contribution is 2.27. The Bertz CT molecular complexity index is 452. The lowest BCUT2D eigenvalue weighted by Crippen LogP contribution is -2.15. The standard InChI is InChI=1S/C11H12N2O2/c1-6-3-4-9(13-7(2)14)10-8(6)5-12-11(10)15/h3-4H,5H2,1-2H3,(H,12,15)(H,13,14). The minimum absolute atomic E-state index is 0.113. The van der Waals surface area contributed by atoms with E-state index < -0.39 is 0 Å². The van der Waals surface area contributed by atoms with Crippen molar-refractivity contribution in [3.8, 4) is 0 Å². The molecule has 0 unspecified atom stereocenters. The summed E-state index contributed by atoms with van der Waals surface area (Å²) in [4.78, 5) is 22.5. The van der Waals surface area contributed by atoms with Crippen LogP contribution in [0.5, 0.6) is 0 Å². The first-order valence-electron chi connectivity index (χ1n) is 4.78. The van der Waals surface area contributed by atoms with Crippen LogP contribution in [0.3, 0.4) is 0 Å². The Morgan fingerprint density at radius 2 is 2.20 bits per heavy atom. The van der Waals surface area contributed by atoms with Gasteiger partial charge in [0.1, 0.15) is 0 Å². The van der Waals surface area contributed by atoms with E-state index in [0.717, 1.165) is 11.1 Å². The number of fused-ring (bicyclic) bond motifs is 1. The molecule has 0 aromatic heterocycles. The molecule has 1 aromatic carbocycles. The quantitative estimate of drug-likeness (QED) is 0.722. The van der Waals surface area contributed by atoms with Crippen molar-refractivity contribution in [3.63, 3.8) is 0 Å². The van der Waals surface area contributed by atoms with Gasteiger partial charge in [-0.1, -0.05) is 6.07 Å². The molecule has 0 radical (unpaired) electrons. The molecule has 2 rings (SSSR count). The van der Waals surface area contributed by atoms with Crippen molar-refractivity contribution in [1.29, 1.82) is 0 Å². The van der Waals surface area contributed by atoms with Gasteiger partial charge in [-0.2, -0.15) is 0 Å². The highest BCUT2D eigenvalue weighted by Gasteiger charge is 2.24. The van der Waals surface area contributed by atoms with Gasteiger partial charge in [-0.05, 0) is 24.1 Å². The van der Waals surface area contributed by atoms with Gasteiger partial charge in [0.05, 0.1) is 11.3 Å².